The summed E-state index contributed by atoms with van der Waals surface area (Å²) in [5.74, 6) is -5.04. The highest BCUT2D eigenvalue weighted by molar-refractivity contribution is 7.18. The third-order valence-electron chi connectivity index (χ3n) is 4.06. The first-order chi connectivity index (χ1) is 13.3. The van der Waals surface area contributed by atoms with Crippen LogP contribution in [0, 0.1) is 17.5 Å². The lowest BCUT2D eigenvalue weighted by atomic mass is 10.2. The van der Waals surface area contributed by atoms with Gasteiger partial charge in [0.2, 0.25) is 5.91 Å². The molecule has 0 aliphatic carbocycles. The van der Waals surface area contributed by atoms with Crippen LogP contribution in [0.25, 0.3) is 10.2 Å². The topological polar surface area (TPSA) is 70.5 Å². The first-order valence-corrected chi connectivity index (χ1v) is 10.0. The molecule has 0 radical (unpaired) electrons. The Labute approximate surface area is 166 Å². The SMILES string of the molecule is CCc1ccsc1N(Cc1nc2c(F)c(F)cc(F)c2s1)C(=O)CCC(=O)O. The summed E-state index contributed by atoms with van der Waals surface area (Å²) in [7, 11) is 0. The predicted octanol–water partition coefficient (Wildman–Crippen LogP) is 4.74. The van der Waals surface area contributed by atoms with Crippen LogP contribution >= 0.6 is 22.7 Å². The summed E-state index contributed by atoms with van der Waals surface area (Å²) in [5.41, 5.74) is 0.468. The highest BCUT2D eigenvalue weighted by atomic mass is 32.1. The van der Waals surface area contributed by atoms with Crippen LogP contribution < -0.4 is 4.90 Å². The largest absolute Gasteiger partial charge is 0.481 e. The lowest BCUT2D eigenvalue weighted by molar-refractivity contribution is -0.138. The molecule has 1 aromatic carbocycles. The van der Waals surface area contributed by atoms with E-state index in [0.29, 0.717) is 17.5 Å². The molecule has 0 aliphatic rings. The normalized spacial score (nSPS) is 11.1. The Hall–Kier alpha value is -2.46. The van der Waals surface area contributed by atoms with Crippen molar-refractivity contribution in [1.29, 1.82) is 0 Å². The lowest BCUT2D eigenvalue weighted by Gasteiger charge is -2.21. The molecule has 0 saturated carbocycles. The Morgan fingerprint density at radius 1 is 1.21 bits per heavy atom. The maximum atomic E-state index is 14.0. The quantitative estimate of drug-likeness (QED) is 0.552. The van der Waals surface area contributed by atoms with Crippen molar-refractivity contribution in [2.24, 2.45) is 0 Å². The number of rotatable bonds is 7. The number of nitrogens with zero attached hydrogens (tertiary/aromatic N) is 2. The number of amides is 1. The highest BCUT2D eigenvalue weighted by Crippen LogP contribution is 2.33. The lowest BCUT2D eigenvalue weighted by Crippen LogP contribution is -2.30. The van der Waals surface area contributed by atoms with Crippen molar-refractivity contribution in [2.45, 2.75) is 32.7 Å². The minimum Gasteiger partial charge on any atom is -0.481 e. The minimum atomic E-state index is -1.33. The van der Waals surface area contributed by atoms with Crippen LogP contribution in [0.1, 0.15) is 30.3 Å². The first kappa shape index (κ1) is 20.3. The van der Waals surface area contributed by atoms with Crippen LogP contribution in [0.4, 0.5) is 18.2 Å². The van der Waals surface area contributed by atoms with Crippen LogP contribution in [-0.2, 0) is 22.6 Å². The molecule has 3 aromatic rings. The van der Waals surface area contributed by atoms with Gasteiger partial charge in [-0.3, -0.25) is 14.5 Å². The summed E-state index contributed by atoms with van der Waals surface area (Å²) in [6.07, 6.45) is 0.0883. The minimum absolute atomic E-state index is 0.0915. The third-order valence-corrected chi connectivity index (χ3v) is 6.08. The van der Waals surface area contributed by atoms with Gasteiger partial charge in [0.1, 0.15) is 21.3 Å². The number of thiazole rings is 1. The van der Waals surface area contributed by atoms with Gasteiger partial charge in [0.25, 0.3) is 0 Å². The maximum absolute atomic E-state index is 14.0. The molecular weight excluding hydrogens is 413 g/mol. The smallest absolute Gasteiger partial charge is 0.303 e. The Morgan fingerprint density at radius 2 is 1.96 bits per heavy atom. The van der Waals surface area contributed by atoms with E-state index < -0.39 is 34.8 Å². The summed E-state index contributed by atoms with van der Waals surface area (Å²) >= 11 is 2.14. The number of carboxylic acids is 1. The van der Waals surface area contributed by atoms with E-state index >= 15 is 0 Å². The van der Waals surface area contributed by atoms with Crippen molar-refractivity contribution in [1.82, 2.24) is 4.98 Å². The van der Waals surface area contributed by atoms with E-state index in [-0.39, 0.29) is 29.1 Å². The molecule has 3 rings (SSSR count). The van der Waals surface area contributed by atoms with Gasteiger partial charge < -0.3 is 5.11 Å². The average Bonchev–Trinajstić information content (AvgIpc) is 3.29. The van der Waals surface area contributed by atoms with Crippen molar-refractivity contribution in [3.05, 3.63) is 45.5 Å². The standard InChI is InChI=1S/C18H15F3N2O3S2/c1-2-9-5-6-27-18(9)23(13(24)3-4-14(25)26)8-12-22-16-15(21)10(19)7-11(20)17(16)28-12/h5-7H,2-4,8H2,1H3,(H,25,26). The van der Waals surface area contributed by atoms with E-state index in [1.807, 2.05) is 13.0 Å². The van der Waals surface area contributed by atoms with Gasteiger partial charge in [-0.15, -0.1) is 22.7 Å². The molecule has 0 spiro atoms. The zero-order chi connectivity index (χ0) is 20.4. The van der Waals surface area contributed by atoms with Gasteiger partial charge in [-0.2, -0.15) is 0 Å². The molecule has 0 atom stereocenters. The van der Waals surface area contributed by atoms with Crippen molar-refractivity contribution in [2.75, 3.05) is 4.90 Å². The van der Waals surface area contributed by atoms with Crippen molar-refractivity contribution < 1.29 is 27.9 Å². The summed E-state index contributed by atoms with van der Waals surface area (Å²) in [6.45, 7) is 1.82. The summed E-state index contributed by atoms with van der Waals surface area (Å²) in [6, 6.07) is 2.31. The van der Waals surface area contributed by atoms with E-state index in [4.69, 9.17) is 5.11 Å². The van der Waals surface area contributed by atoms with Gasteiger partial charge in [-0.25, -0.2) is 18.2 Å². The van der Waals surface area contributed by atoms with Crippen molar-refractivity contribution in [3.8, 4) is 0 Å². The number of thiophene rings is 1. The number of hydrogen-bond donors (Lipinski definition) is 1. The number of carboxylic acid groups (broad SMARTS) is 1. The van der Waals surface area contributed by atoms with Gasteiger partial charge in [0.15, 0.2) is 11.6 Å². The Kier molecular flexibility index (Phi) is 5.99. The number of halogens is 3. The fourth-order valence-corrected chi connectivity index (χ4v) is 4.66. The molecule has 0 saturated heterocycles. The van der Waals surface area contributed by atoms with Gasteiger partial charge in [0.05, 0.1) is 17.7 Å². The van der Waals surface area contributed by atoms with E-state index in [2.05, 4.69) is 4.98 Å². The van der Waals surface area contributed by atoms with Gasteiger partial charge >= 0.3 is 5.97 Å². The van der Waals surface area contributed by atoms with Crippen LogP contribution in [0.2, 0.25) is 0 Å². The third kappa shape index (κ3) is 4.02. The highest BCUT2D eigenvalue weighted by Gasteiger charge is 2.24. The number of anilines is 1. The number of carbonyl (C=O) groups excluding carboxylic acids is 1. The first-order valence-electron chi connectivity index (χ1n) is 8.33. The zero-order valence-electron chi connectivity index (χ0n) is 14.7. The van der Waals surface area contributed by atoms with Crippen LogP contribution in [-0.4, -0.2) is 22.0 Å². The average molecular weight is 428 g/mol. The molecule has 10 heteroatoms. The second-order valence-electron chi connectivity index (χ2n) is 5.92. The second kappa shape index (κ2) is 8.27. The van der Waals surface area contributed by atoms with Crippen LogP contribution in [0.15, 0.2) is 17.5 Å². The number of aryl methyl sites for hydroxylation is 1. The number of benzene rings is 1. The fourth-order valence-electron chi connectivity index (χ4n) is 2.69. The number of hydrogen-bond acceptors (Lipinski definition) is 5. The molecule has 2 heterocycles. The van der Waals surface area contributed by atoms with Gasteiger partial charge in [0, 0.05) is 12.5 Å². The summed E-state index contributed by atoms with van der Waals surface area (Å²) in [4.78, 5) is 28.8. The number of carbonyl (C=O) groups is 2. The monoisotopic (exact) mass is 428 g/mol. The Morgan fingerprint density at radius 3 is 2.64 bits per heavy atom. The Bertz CT molecular complexity index is 1050. The fraction of sp³-hybridized carbons (Fsp3) is 0.278. The van der Waals surface area contributed by atoms with Gasteiger partial charge in [-0.1, -0.05) is 6.92 Å². The van der Waals surface area contributed by atoms with Crippen LogP contribution in [0.5, 0.6) is 0 Å². The van der Waals surface area contributed by atoms with E-state index in [0.717, 1.165) is 16.9 Å². The molecule has 28 heavy (non-hydrogen) atoms. The Balaban J connectivity index is 1.98. The molecule has 1 N–H and O–H groups in total. The molecule has 2 aromatic heterocycles. The van der Waals surface area contributed by atoms with E-state index in [9.17, 15) is 22.8 Å². The number of aromatic nitrogens is 1. The van der Waals surface area contributed by atoms with Crippen molar-refractivity contribution in [3.63, 3.8) is 0 Å². The number of fused-ring (bicyclic) bond motifs is 1. The molecule has 5 nitrogen and oxygen atoms in total. The van der Waals surface area contributed by atoms with Crippen LogP contribution in [0.3, 0.4) is 0 Å². The molecule has 1 amide bonds. The van der Waals surface area contributed by atoms with E-state index in [1.54, 1.807) is 5.38 Å². The molecule has 148 valence electrons. The molecule has 0 bridgehead atoms. The number of aliphatic carboxylic acids is 1. The maximum Gasteiger partial charge on any atom is 0.303 e. The molecule has 0 unspecified atom stereocenters. The predicted molar refractivity (Wildman–Crippen MR) is 101 cm³/mol. The zero-order valence-corrected chi connectivity index (χ0v) is 16.3. The molecule has 0 aliphatic heterocycles. The summed E-state index contributed by atoms with van der Waals surface area (Å²) in [5, 5.41) is 11.5. The molecule has 0 fully saturated rings. The van der Waals surface area contributed by atoms with Gasteiger partial charge in [-0.05, 0) is 23.4 Å². The summed E-state index contributed by atoms with van der Waals surface area (Å²) < 4.78 is 41.2. The second-order valence-corrected chi connectivity index (χ2v) is 7.90. The van der Waals surface area contributed by atoms with E-state index in [1.165, 1.54) is 16.2 Å². The molecular formula is C18H15F3N2O3S2. The van der Waals surface area contributed by atoms with Crippen molar-refractivity contribution >= 4 is 49.8 Å².